The number of rotatable bonds is 5. The van der Waals surface area contributed by atoms with Gasteiger partial charge in [-0.15, -0.1) is 10.2 Å². The first kappa shape index (κ1) is 14.4. The predicted octanol–water partition coefficient (Wildman–Crippen LogP) is 2.25. The second-order valence-electron chi connectivity index (χ2n) is 4.48. The number of pyridine rings is 1. The fourth-order valence-electron chi connectivity index (χ4n) is 1.58. The summed E-state index contributed by atoms with van der Waals surface area (Å²) in [7, 11) is 1.55. The number of hydrogen-bond donors (Lipinski definition) is 1. The first-order valence-corrected chi connectivity index (χ1v) is 7.03. The van der Waals surface area contributed by atoms with Crippen molar-refractivity contribution in [1.29, 1.82) is 0 Å². The molecule has 20 heavy (non-hydrogen) atoms. The summed E-state index contributed by atoms with van der Waals surface area (Å²) in [6.07, 6.45) is 1.77. The van der Waals surface area contributed by atoms with E-state index in [1.54, 1.807) is 25.4 Å². The summed E-state index contributed by atoms with van der Waals surface area (Å²) in [6, 6.07) is 3.54. The molecule has 2 heterocycles. The van der Waals surface area contributed by atoms with Gasteiger partial charge in [0.15, 0.2) is 0 Å². The molecule has 2 rings (SSSR count). The molecule has 0 atom stereocenters. The fourth-order valence-corrected chi connectivity index (χ4v) is 2.34. The second-order valence-corrected chi connectivity index (χ2v) is 5.49. The maximum atomic E-state index is 12.0. The molecule has 106 valence electrons. The molecule has 0 aromatic carbocycles. The van der Waals surface area contributed by atoms with Crippen molar-refractivity contribution in [2.75, 3.05) is 12.4 Å². The standard InChI is InChI=1S/C13H16N4O2S/c1-8(2)12-16-17-13(20-12)15-11(18)7-9-10(19-3)5-4-6-14-9/h4-6,8H,7H2,1-3H3,(H,15,17,18). The lowest BCUT2D eigenvalue weighted by Crippen LogP contribution is -2.15. The minimum absolute atomic E-state index is 0.139. The SMILES string of the molecule is COc1cccnc1CC(=O)Nc1nnc(C(C)C)s1. The number of aromatic nitrogens is 3. The van der Waals surface area contributed by atoms with Gasteiger partial charge in [0, 0.05) is 12.1 Å². The molecule has 0 spiro atoms. The molecule has 0 saturated carbocycles. The average Bonchev–Trinajstić information content (AvgIpc) is 2.88. The van der Waals surface area contributed by atoms with E-state index in [4.69, 9.17) is 4.74 Å². The van der Waals surface area contributed by atoms with Crippen molar-refractivity contribution >= 4 is 22.4 Å². The average molecular weight is 292 g/mol. The number of nitrogens with zero attached hydrogens (tertiary/aromatic N) is 3. The van der Waals surface area contributed by atoms with Gasteiger partial charge in [0.1, 0.15) is 10.8 Å². The highest BCUT2D eigenvalue weighted by Gasteiger charge is 2.13. The minimum Gasteiger partial charge on any atom is -0.495 e. The molecule has 2 aromatic rings. The largest absolute Gasteiger partial charge is 0.495 e. The van der Waals surface area contributed by atoms with Crippen LogP contribution in [0.5, 0.6) is 5.75 Å². The first-order valence-electron chi connectivity index (χ1n) is 6.21. The Morgan fingerprint density at radius 1 is 1.45 bits per heavy atom. The zero-order valence-corrected chi connectivity index (χ0v) is 12.4. The highest BCUT2D eigenvalue weighted by atomic mass is 32.1. The number of methoxy groups -OCH3 is 1. The van der Waals surface area contributed by atoms with Crippen molar-refractivity contribution in [1.82, 2.24) is 15.2 Å². The molecule has 1 N–H and O–H groups in total. The maximum absolute atomic E-state index is 12.0. The molecule has 0 radical (unpaired) electrons. The second kappa shape index (κ2) is 6.42. The Kier molecular flexibility index (Phi) is 4.62. The van der Waals surface area contributed by atoms with Gasteiger partial charge in [-0.05, 0) is 12.1 Å². The van der Waals surface area contributed by atoms with Gasteiger partial charge in [0.05, 0.1) is 19.2 Å². The van der Waals surface area contributed by atoms with Crippen molar-refractivity contribution in [2.45, 2.75) is 26.2 Å². The quantitative estimate of drug-likeness (QED) is 0.914. The van der Waals surface area contributed by atoms with Crippen LogP contribution in [0.1, 0.15) is 30.5 Å². The zero-order chi connectivity index (χ0) is 14.5. The summed E-state index contributed by atoms with van der Waals surface area (Å²) < 4.78 is 5.16. The summed E-state index contributed by atoms with van der Waals surface area (Å²) in [5, 5.41) is 12.1. The molecule has 7 heteroatoms. The van der Waals surface area contributed by atoms with Crippen molar-refractivity contribution in [2.24, 2.45) is 0 Å². The Morgan fingerprint density at radius 3 is 2.90 bits per heavy atom. The summed E-state index contributed by atoms with van der Waals surface area (Å²) >= 11 is 1.38. The van der Waals surface area contributed by atoms with E-state index in [2.05, 4.69) is 20.5 Å². The zero-order valence-electron chi connectivity index (χ0n) is 11.6. The van der Waals surface area contributed by atoms with Crippen LogP contribution in [0.15, 0.2) is 18.3 Å². The van der Waals surface area contributed by atoms with Gasteiger partial charge in [-0.1, -0.05) is 25.2 Å². The van der Waals surface area contributed by atoms with E-state index in [-0.39, 0.29) is 12.3 Å². The van der Waals surface area contributed by atoms with Gasteiger partial charge in [0.2, 0.25) is 11.0 Å². The Balaban J connectivity index is 2.01. The van der Waals surface area contributed by atoms with Crippen molar-refractivity contribution < 1.29 is 9.53 Å². The van der Waals surface area contributed by atoms with Crippen LogP contribution in [-0.4, -0.2) is 28.2 Å². The highest BCUT2D eigenvalue weighted by Crippen LogP contribution is 2.22. The molecule has 6 nitrogen and oxygen atoms in total. The lowest BCUT2D eigenvalue weighted by molar-refractivity contribution is -0.115. The van der Waals surface area contributed by atoms with Gasteiger partial charge in [0.25, 0.3) is 0 Å². The van der Waals surface area contributed by atoms with Crippen LogP contribution >= 0.6 is 11.3 Å². The smallest absolute Gasteiger partial charge is 0.232 e. The molecule has 2 aromatic heterocycles. The number of carbonyl (C=O) groups excluding carboxylic acids is 1. The summed E-state index contributed by atoms with van der Waals surface area (Å²) in [6.45, 7) is 4.07. The predicted molar refractivity (Wildman–Crippen MR) is 77.1 cm³/mol. The topological polar surface area (TPSA) is 77.0 Å². The molecule has 1 amide bonds. The molecule has 0 bridgehead atoms. The number of ether oxygens (including phenoxy) is 1. The lowest BCUT2D eigenvalue weighted by atomic mass is 10.2. The van der Waals surface area contributed by atoms with Gasteiger partial charge < -0.3 is 10.1 Å². The fraction of sp³-hybridized carbons (Fsp3) is 0.385. The monoisotopic (exact) mass is 292 g/mol. The molecule has 0 aliphatic heterocycles. The maximum Gasteiger partial charge on any atom is 0.232 e. The van der Waals surface area contributed by atoms with Crippen LogP contribution in [0.4, 0.5) is 5.13 Å². The van der Waals surface area contributed by atoms with Gasteiger partial charge in [-0.2, -0.15) is 0 Å². The molecular formula is C13H16N4O2S. The van der Waals surface area contributed by atoms with E-state index in [1.807, 2.05) is 13.8 Å². The highest BCUT2D eigenvalue weighted by molar-refractivity contribution is 7.15. The van der Waals surface area contributed by atoms with E-state index >= 15 is 0 Å². The lowest BCUT2D eigenvalue weighted by Gasteiger charge is -2.06. The molecule has 0 aliphatic rings. The van der Waals surface area contributed by atoms with Crippen molar-refractivity contribution in [3.05, 3.63) is 29.0 Å². The van der Waals surface area contributed by atoms with Crippen LogP contribution in [-0.2, 0) is 11.2 Å². The van der Waals surface area contributed by atoms with Crippen molar-refractivity contribution in [3.63, 3.8) is 0 Å². The van der Waals surface area contributed by atoms with Gasteiger partial charge >= 0.3 is 0 Å². The summed E-state index contributed by atoms with van der Waals surface area (Å²) in [5.41, 5.74) is 0.598. The Bertz CT molecular complexity index is 598. The number of nitrogens with one attached hydrogen (secondary N) is 1. The third-order valence-corrected chi connectivity index (χ3v) is 3.72. The Morgan fingerprint density at radius 2 is 2.25 bits per heavy atom. The molecule has 0 unspecified atom stereocenters. The minimum atomic E-state index is -0.187. The van der Waals surface area contributed by atoms with Gasteiger partial charge in [-0.3, -0.25) is 9.78 Å². The molecular weight excluding hydrogens is 276 g/mol. The van der Waals surface area contributed by atoms with Gasteiger partial charge in [-0.25, -0.2) is 0 Å². The number of amides is 1. The van der Waals surface area contributed by atoms with Crippen LogP contribution in [0.3, 0.4) is 0 Å². The number of anilines is 1. The van der Waals surface area contributed by atoms with E-state index in [1.165, 1.54) is 11.3 Å². The van der Waals surface area contributed by atoms with Crippen molar-refractivity contribution in [3.8, 4) is 5.75 Å². The first-order chi connectivity index (χ1) is 9.60. The molecule has 0 saturated heterocycles. The van der Waals surface area contributed by atoms with E-state index in [9.17, 15) is 4.79 Å². The molecule has 0 aliphatic carbocycles. The van der Waals surface area contributed by atoms with Crippen LogP contribution in [0.2, 0.25) is 0 Å². The number of hydrogen-bond acceptors (Lipinski definition) is 6. The Labute approximate surface area is 121 Å². The van der Waals surface area contributed by atoms with E-state index < -0.39 is 0 Å². The van der Waals surface area contributed by atoms with Crippen LogP contribution in [0.25, 0.3) is 0 Å². The molecule has 0 fully saturated rings. The Hall–Kier alpha value is -2.02. The normalized spacial score (nSPS) is 10.6. The summed E-state index contributed by atoms with van der Waals surface area (Å²) in [5.74, 6) is 0.713. The van der Waals surface area contributed by atoms with E-state index in [0.29, 0.717) is 22.5 Å². The van der Waals surface area contributed by atoms with Crippen LogP contribution in [0, 0.1) is 0 Å². The third-order valence-electron chi connectivity index (χ3n) is 2.58. The number of carbonyl (C=O) groups is 1. The van der Waals surface area contributed by atoms with E-state index in [0.717, 1.165) is 5.01 Å². The third kappa shape index (κ3) is 3.51. The van der Waals surface area contributed by atoms with Crippen LogP contribution < -0.4 is 10.1 Å². The summed E-state index contributed by atoms with van der Waals surface area (Å²) in [4.78, 5) is 16.1.